The number of nitrogen functional groups attached to an aromatic ring is 2. The quantitative estimate of drug-likeness (QED) is 0.630. The van der Waals surface area contributed by atoms with Crippen molar-refractivity contribution in [3.05, 3.63) is 16.7 Å². The second kappa shape index (κ2) is 3.78. The average Bonchev–Trinajstić information content (AvgIpc) is 2.16. The molecule has 0 saturated carbocycles. The second-order valence-corrected chi connectivity index (χ2v) is 3.47. The molecule has 0 atom stereocenters. The van der Waals surface area contributed by atoms with E-state index in [1.54, 1.807) is 0 Å². The lowest BCUT2D eigenvalue weighted by Gasteiger charge is -2.16. The minimum atomic E-state index is 0.274. The fourth-order valence-electron chi connectivity index (χ4n) is 1.75. The van der Waals surface area contributed by atoms with Crippen molar-refractivity contribution in [3.63, 3.8) is 0 Å². The number of aromatic hydroxyl groups is 1. The zero-order valence-corrected chi connectivity index (χ0v) is 9.02. The molecule has 0 saturated heterocycles. The topological polar surface area (TPSA) is 72.3 Å². The summed E-state index contributed by atoms with van der Waals surface area (Å²) in [5, 5.41) is 9.91. The minimum absolute atomic E-state index is 0.274. The molecular formula is C11H18N2O. The van der Waals surface area contributed by atoms with Gasteiger partial charge in [0.1, 0.15) is 5.75 Å². The van der Waals surface area contributed by atoms with E-state index in [1.807, 2.05) is 20.8 Å². The Kier molecular flexibility index (Phi) is 2.89. The molecular weight excluding hydrogens is 176 g/mol. The van der Waals surface area contributed by atoms with E-state index in [0.29, 0.717) is 11.4 Å². The average molecular weight is 194 g/mol. The van der Waals surface area contributed by atoms with Gasteiger partial charge in [0, 0.05) is 22.5 Å². The van der Waals surface area contributed by atoms with E-state index in [4.69, 9.17) is 11.5 Å². The number of hydrogen-bond donors (Lipinski definition) is 3. The number of phenolic OH excluding ortho intramolecular Hbond substituents is 1. The highest BCUT2D eigenvalue weighted by molar-refractivity contribution is 5.73. The van der Waals surface area contributed by atoms with Gasteiger partial charge in [-0.15, -0.1) is 0 Å². The van der Waals surface area contributed by atoms with Crippen molar-refractivity contribution < 1.29 is 5.11 Å². The Morgan fingerprint density at radius 1 is 1.00 bits per heavy atom. The van der Waals surface area contributed by atoms with Gasteiger partial charge in [-0.3, -0.25) is 0 Å². The van der Waals surface area contributed by atoms with Gasteiger partial charge < -0.3 is 16.6 Å². The molecule has 0 aliphatic heterocycles. The van der Waals surface area contributed by atoms with Crippen molar-refractivity contribution in [2.75, 3.05) is 11.5 Å². The Morgan fingerprint density at radius 2 is 1.36 bits per heavy atom. The summed E-state index contributed by atoms with van der Waals surface area (Å²) in [4.78, 5) is 0. The molecule has 0 aliphatic rings. The molecule has 0 amide bonds. The van der Waals surface area contributed by atoms with Crippen LogP contribution in [0.2, 0.25) is 0 Å². The number of rotatable bonds is 2. The van der Waals surface area contributed by atoms with Crippen molar-refractivity contribution >= 4 is 11.4 Å². The molecule has 0 bridgehead atoms. The van der Waals surface area contributed by atoms with E-state index in [0.717, 1.165) is 29.5 Å². The molecule has 0 spiro atoms. The molecule has 78 valence electrons. The van der Waals surface area contributed by atoms with E-state index >= 15 is 0 Å². The third-order valence-corrected chi connectivity index (χ3v) is 2.74. The molecule has 1 aromatic rings. The van der Waals surface area contributed by atoms with Gasteiger partial charge in [0.2, 0.25) is 0 Å². The molecule has 0 aromatic heterocycles. The third kappa shape index (κ3) is 1.39. The SMILES string of the molecule is CCc1c(N)c(C)c(N)c(CC)c1O. The Labute approximate surface area is 84.7 Å². The monoisotopic (exact) mass is 194 g/mol. The Morgan fingerprint density at radius 3 is 1.64 bits per heavy atom. The number of anilines is 2. The van der Waals surface area contributed by atoms with Gasteiger partial charge in [-0.2, -0.15) is 0 Å². The third-order valence-electron chi connectivity index (χ3n) is 2.74. The van der Waals surface area contributed by atoms with E-state index in [-0.39, 0.29) is 5.75 Å². The lowest BCUT2D eigenvalue weighted by Crippen LogP contribution is -2.05. The second-order valence-electron chi connectivity index (χ2n) is 3.47. The van der Waals surface area contributed by atoms with Gasteiger partial charge in [-0.05, 0) is 25.3 Å². The van der Waals surface area contributed by atoms with E-state index in [1.165, 1.54) is 0 Å². The van der Waals surface area contributed by atoms with Crippen LogP contribution in [0.5, 0.6) is 5.75 Å². The summed E-state index contributed by atoms with van der Waals surface area (Å²) < 4.78 is 0. The molecule has 5 N–H and O–H groups in total. The molecule has 0 unspecified atom stereocenters. The van der Waals surface area contributed by atoms with Gasteiger partial charge in [-0.1, -0.05) is 13.8 Å². The predicted octanol–water partition coefficient (Wildman–Crippen LogP) is 1.99. The van der Waals surface area contributed by atoms with Crippen LogP contribution in [0.3, 0.4) is 0 Å². The number of phenols is 1. The number of nitrogens with two attached hydrogens (primary N) is 2. The highest BCUT2D eigenvalue weighted by atomic mass is 16.3. The highest BCUT2D eigenvalue weighted by Crippen LogP contribution is 2.37. The lowest BCUT2D eigenvalue weighted by molar-refractivity contribution is 0.463. The van der Waals surface area contributed by atoms with Crippen molar-refractivity contribution in [3.8, 4) is 5.75 Å². The summed E-state index contributed by atoms with van der Waals surface area (Å²) in [6.07, 6.45) is 1.46. The molecule has 14 heavy (non-hydrogen) atoms. The van der Waals surface area contributed by atoms with Crippen LogP contribution < -0.4 is 11.5 Å². The van der Waals surface area contributed by atoms with E-state index in [9.17, 15) is 5.11 Å². The maximum Gasteiger partial charge on any atom is 0.126 e. The van der Waals surface area contributed by atoms with Crippen molar-refractivity contribution in [2.45, 2.75) is 33.6 Å². The first-order valence-electron chi connectivity index (χ1n) is 4.92. The van der Waals surface area contributed by atoms with Crippen LogP contribution in [0.1, 0.15) is 30.5 Å². The summed E-state index contributed by atoms with van der Waals surface area (Å²) in [7, 11) is 0. The fourth-order valence-corrected chi connectivity index (χ4v) is 1.75. The fraction of sp³-hybridized carbons (Fsp3) is 0.455. The van der Waals surface area contributed by atoms with Crippen LogP contribution in [0.4, 0.5) is 11.4 Å². The van der Waals surface area contributed by atoms with Crippen molar-refractivity contribution in [1.29, 1.82) is 0 Å². The van der Waals surface area contributed by atoms with Crippen LogP contribution in [0.25, 0.3) is 0 Å². The first-order chi connectivity index (χ1) is 6.54. The predicted molar refractivity (Wildman–Crippen MR) is 60.4 cm³/mol. The number of benzene rings is 1. The van der Waals surface area contributed by atoms with Gasteiger partial charge in [0.05, 0.1) is 0 Å². The van der Waals surface area contributed by atoms with Gasteiger partial charge in [0.25, 0.3) is 0 Å². The van der Waals surface area contributed by atoms with Crippen LogP contribution in [0, 0.1) is 6.92 Å². The smallest absolute Gasteiger partial charge is 0.126 e. The molecule has 0 radical (unpaired) electrons. The summed E-state index contributed by atoms with van der Waals surface area (Å²) in [6.45, 7) is 5.84. The number of hydrogen-bond acceptors (Lipinski definition) is 3. The van der Waals surface area contributed by atoms with Gasteiger partial charge >= 0.3 is 0 Å². The molecule has 0 heterocycles. The first-order valence-corrected chi connectivity index (χ1v) is 4.92. The van der Waals surface area contributed by atoms with Crippen LogP contribution >= 0.6 is 0 Å². The highest BCUT2D eigenvalue weighted by Gasteiger charge is 2.15. The van der Waals surface area contributed by atoms with Gasteiger partial charge in [-0.25, -0.2) is 0 Å². The summed E-state index contributed by atoms with van der Waals surface area (Å²) in [5.41, 5.74) is 15.5. The summed E-state index contributed by atoms with van der Waals surface area (Å²) in [5.74, 6) is 0.274. The Bertz CT molecular complexity index is 328. The first kappa shape index (κ1) is 10.7. The Balaban J connectivity index is 3.56. The molecule has 1 aromatic carbocycles. The van der Waals surface area contributed by atoms with Crippen LogP contribution in [0.15, 0.2) is 0 Å². The summed E-state index contributed by atoms with van der Waals surface area (Å²) in [6, 6.07) is 0. The Hall–Kier alpha value is -1.38. The van der Waals surface area contributed by atoms with Crippen molar-refractivity contribution in [2.24, 2.45) is 0 Å². The maximum absolute atomic E-state index is 9.91. The largest absolute Gasteiger partial charge is 0.507 e. The standard InChI is InChI=1S/C11H18N2O/c1-4-7-9(12)6(3)10(13)8(5-2)11(7)14/h14H,4-5,12-13H2,1-3H3. The minimum Gasteiger partial charge on any atom is -0.507 e. The normalized spacial score (nSPS) is 10.5. The molecule has 3 nitrogen and oxygen atoms in total. The maximum atomic E-state index is 9.91. The van der Waals surface area contributed by atoms with E-state index < -0.39 is 0 Å². The zero-order valence-electron chi connectivity index (χ0n) is 9.02. The van der Waals surface area contributed by atoms with Crippen molar-refractivity contribution in [1.82, 2.24) is 0 Å². The van der Waals surface area contributed by atoms with E-state index in [2.05, 4.69) is 0 Å². The summed E-state index contributed by atoms with van der Waals surface area (Å²) >= 11 is 0. The molecule has 0 aliphatic carbocycles. The van der Waals surface area contributed by atoms with Crippen LogP contribution in [-0.2, 0) is 12.8 Å². The lowest BCUT2D eigenvalue weighted by atomic mass is 9.96. The molecule has 3 heteroatoms. The van der Waals surface area contributed by atoms with Crippen LogP contribution in [-0.4, -0.2) is 5.11 Å². The van der Waals surface area contributed by atoms with Gasteiger partial charge in [0.15, 0.2) is 0 Å². The zero-order chi connectivity index (χ0) is 10.9. The molecule has 0 fully saturated rings. The molecule has 1 rings (SSSR count).